The predicted molar refractivity (Wildman–Crippen MR) is 95.2 cm³/mol. The third kappa shape index (κ3) is 5.34. The summed E-state index contributed by atoms with van der Waals surface area (Å²) in [5.41, 5.74) is 0.947. The monoisotopic (exact) mass is 348 g/mol. The standard InChI is InChI=1S/C19H28N2O4/c1-2-16(14-21-6-10-23-11-7-21)20-19(22)13-15-4-5-17-18(12-15)25-9-3-8-24-17/h4-5,12,16H,2-3,6-11,13-14H2,1H3,(H,20,22)/t16-/m0/s1. The van der Waals surface area contributed by atoms with Crippen LogP contribution in [0.1, 0.15) is 25.3 Å². The molecule has 1 amide bonds. The van der Waals surface area contributed by atoms with Gasteiger partial charge in [0.05, 0.1) is 32.8 Å². The van der Waals surface area contributed by atoms with Crippen LogP contribution < -0.4 is 14.8 Å². The molecular formula is C19H28N2O4. The van der Waals surface area contributed by atoms with Crippen LogP contribution >= 0.6 is 0 Å². The minimum atomic E-state index is 0.0506. The predicted octanol–water partition coefficient (Wildman–Crippen LogP) is 1.62. The molecule has 1 fully saturated rings. The molecule has 2 heterocycles. The molecule has 0 bridgehead atoms. The average molecular weight is 348 g/mol. The second-order valence-corrected chi connectivity index (χ2v) is 6.59. The molecule has 0 unspecified atom stereocenters. The largest absolute Gasteiger partial charge is 0.490 e. The van der Waals surface area contributed by atoms with Gasteiger partial charge < -0.3 is 19.5 Å². The fraction of sp³-hybridized carbons (Fsp3) is 0.632. The second-order valence-electron chi connectivity index (χ2n) is 6.59. The Labute approximate surface area is 149 Å². The summed E-state index contributed by atoms with van der Waals surface area (Å²) < 4.78 is 16.7. The molecule has 1 saturated heterocycles. The van der Waals surface area contributed by atoms with Crippen molar-refractivity contribution in [2.45, 2.75) is 32.2 Å². The van der Waals surface area contributed by atoms with E-state index in [0.717, 1.165) is 62.8 Å². The number of fused-ring (bicyclic) bond motifs is 1. The quantitative estimate of drug-likeness (QED) is 0.846. The van der Waals surface area contributed by atoms with Crippen molar-refractivity contribution in [3.05, 3.63) is 23.8 Å². The van der Waals surface area contributed by atoms with E-state index in [1.165, 1.54) is 0 Å². The Balaban J connectivity index is 1.53. The Morgan fingerprint density at radius 2 is 1.92 bits per heavy atom. The second kappa shape index (κ2) is 9.06. The van der Waals surface area contributed by atoms with Crippen LogP contribution in [0.3, 0.4) is 0 Å². The number of amides is 1. The van der Waals surface area contributed by atoms with Crippen LogP contribution in [0.5, 0.6) is 11.5 Å². The van der Waals surface area contributed by atoms with Crippen LogP contribution in [0.2, 0.25) is 0 Å². The lowest BCUT2D eigenvalue weighted by atomic mass is 10.1. The van der Waals surface area contributed by atoms with E-state index in [4.69, 9.17) is 14.2 Å². The maximum atomic E-state index is 12.4. The first-order chi connectivity index (χ1) is 12.2. The Bertz CT molecular complexity index is 573. The van der Waals surface area contributed by atoms with Gasteiger partial charge in [0.1, 0.15) is 0 Å². The number of morpholine rings is 1. The number of nitrogens with zero attached hydrogens (tertiary/aromatic N) is 1. The van der Waals surface area contributed by atoms with Crippen molar-refractivity contribution in [1.29, 1.82) is 0 Å². The highest BCUT2D eigenvalue weighted by molar-refractivity contribution is 5.79. The summed E-state index contributed by atoms with van der Waals surface area (Å²) in [6.45, 7) is 7.75. The lowest BCUT2D eigenvalue weighted by molar-refractivity contribution is -0.121. The molecule has 1 atom stereocenters. The van der Waals surface area contributed by atoms with Gasteiger partial charge in [0.2, 0.25) is 5.91 Å². The van der Waals surface area contributed by atoms with Crippen LogP contribution in [0.25, 0.3) is 0 Å². The Morgan fingerprint density at radius 3 is 2.68 bits per heavy atom. The first kappa shape index (κ1) is 18.0. The number of hydrogen-bond donors (Lipinski definition) is 1. The van der Waals surface area contributed by atoms with Gasteiger partial charge in [-0.1, -0.05) is 13.0 Å². The maximum absolute atomic E-state index is 12.4. The van der Waals surface area contributed by atoms with Crippen LogP contribution in [-0.4, -0.2) is 62.9 Å². The topological polar surface area (TPSA) is 60.0 Å². The van der Waals surface area contributed by atoms with Gasteiger partial charge in [-0.25, -0.2) is 0 Å². The summed E-state index contributed by atoms with van der Waals surface area (Å²) in [7, 11) is 0. The number of hydrogen-bond acceptors (Lipinski definition) is 5. The minimum absolute atomic E-state index is 0.0506. The molecule has 0 spiro atoms. The highest BCUT2D eigenvalue weighted by atomic mass is 16.5. The van der Waals surface area contributed by atoms with E-state index in [1.54, 1.807) is 0 Å². The molecule has 138 valence electrons. The minimum Gasteiger partial charge on any atom is -0.490 e. The molecule has 1 aromatic rings. The first-order valence-electron chi connectivity index (χ1n) is 9.22. The molecule has 0 radical (unpaired) electrons. The Hall–Kier alpha value is -1.79. The van der Waals surface area contributed by atoms with E-state index in [0.29, 0.717) is 19.6 Å². The molecule has 25 heavy (non-hydrogen) atoms. The van der Waals surface area contributed by atoms with Crippen molar-refractivity contribution >= 4 is 5.91 Å². The zero-order chi connectivity index (χ0) is 17.5. The number of carbonyl (C=O) groups is 1. The van der Waals surface area contributed by atoms with Gasteiger partial charge >= 0.3 is 0 Å². The average Bonchev–Trinajstić information content (AvgIpc) is 2.87. The van der Waals surface area contributed by atoms with E-state index in [1.807, 2.05) is 18.2 Å². The fourth-order valence-corrected chi connectivity index (χ4v) is 3.15. The van der Waals surface area contributed by atoms with Gasteiger partial charge in [0.15, 0.2) is 11.5 Å². The summed E-state index contributed by atoms with van der Waals surface area (Å²) in [4.78, 5) is 14.8. The molecule has 2 aliphatic heterocycles. The van der Waals surface area contributed by atoms with E-state index in [-0.39, 0.29) is 11.9 Å². The fourth-order valence-electron chi connectivity index (χ4n) is 3.15. The van der Waals surface area contributed by atoms with Crippen molar-refractivity contribution < 1.29 is 19.0 Å². The highest BCUT2D eigenvalue weighted by Gasteiger charge is 2.18. The number of rotatable bonds is 6. The van der Waals surface area contributed by atoms with Crippen molar-refractivity contribution in [3.8, 4) is 11.5 Å². The van der Waals surface area contributed by atoms with Gasteiger partial charge in [0.25, 0.3) is 0 Å². The maximum Gasteiger partial charge on any atom is 0.224 e. The molecule has 0 aromatic heterocycles. The van der Waals surface area contributed by atoms with Crippen LogP contribution in [0.15, 0.2) is 18.2 Å². The van der Waals surface area contributed by atoms with Gasteiger partial charge in [0, 0.05) is 32.1 Å². The summed E-state index contributed by atoms with van der Waals surface area (Å²) in [5.74, 6) is 1.55. The van der Waals surface area contributed by atoms with Crippen molar-refractivity contribution in [3.63, 3.8) is 0 Å². The lowest BCUT2D eigenvalue weighted by Crippen LogP contribution is -2.47. The number of benzene rings is 1. The molecule has 3 rings (SSSR count). The SMILES string of the molecule is CC[C@@H](CN1CCOCC1)NC(=O)Cc1ccc2c(c1)OCCCO2. The number of ether oxygens (including phenoxy) is 3. The van der Waals surface area contributed by atoms with E-state index >= 15 is 0 Å². The summed E-state index contributed by atoms with van der Waals surface area (Å²) in [5, 5.41) is 3.16. The van der Waals surface area contributed by atoms with E-state index < -0.39 is 0 Å². The normalized spacial score (nSPS) is 19.1. The molecule has 1 N–H and O–H groups in total. The zero-order valence-electron chi connectivity index (χ0n) is 15.0. The Kier molecular flexibility index (Phi) is 6.53. The van der Waals surface area contributed by atoms with Crippen LogP contribution in [-0.2, 0) is 16.0 Å². The van der Waals surface area contributed by atoms with Crippen LogP contribution in [0.4, 0.5) is 0 Å². The summed E-state index contributed by atoms with van der Waals surface area (Å²) in [6.07, 6.45) is 2.16. The van der Waals surface area contributed by atoms with Gasteiger partial charge in [-0.05, 0) is 24.1 Å². The van der Waals surface area contributed by atoms with E-state index in [2.05, 4.69) is 17.1 Å². The van der Waals surface area contributed by atoms with Gasteiger partial charge in [-0.3, -0.25) is 9.69 Å². The number of carbonyl (C=O) groups excluding carboxylic acids is 1. The van der Waals surface area contributed by atoms with Crippen molar-refractivity contribution in [2.75, 3.05) is 46.1 Å². The molecule has 6 nitrogen and oxygen atoms in total. The molecule has 0 saturated carbocycles. The zero-order valence-corrected chi connectivity index (χ0v) is 15.0. The molecule has 0 aliphatic carbocycles. The summed E-state index contributed by atoms with van der Waals surface area (Å²) >= 11 is 0. The molecule has 1 aromatic carbocycles. The molecule has 2 aliphatic rings. The van der Waals surface area contributed by atoms with Crippen LogP contribution in [0, 0.1) is 0 Å². The lowest BCUT2D eigenvalue weighted by Gasteiger charge is -2.30. The van der Waals surface area contributed by atoms with Gasteiger partial charge in [-0.2, -0.15) is 0 Å². The van der Waals surface area contributed by atoms with Crippen molar-refractivity contribution in [1.82, 2.24) is 10.2 Å². The van der Waals surface area contributed by atoms with Gasteiger partial charge in [-0.15, -0.1) is 0 Å². The third-order valence-corrected chi connectivity index (χ3v) is 4.62. The molecule has 6 heteroatoms. The highest BCUT2D eigenvalue weighted by Crippen LogP contribution is 2.30. The first-order valence-corrected chi connectivity index (χ1v) is 9.22. The van der Waals surface area contributed by atoms with E-state index in [9.17, 15) is 4.79 Å². The molecular weight excluding hydrogens is 320 g/mol. The number of nitrogens with one attached hydrogen (secondary N) is 1. The smallest absolute Gasteiger partial charge is 0.224 e. The summed E-state index contributed by atoms with van der Waals surface area (Å²) in [6, 6.07) is 5.93. The third-order valence-electron chi connectivity index (χ3n) is 4.62. The van der Waals surface area contributed by atoms with Crippen molar-refractivity contribution in [2.24, 2.45) is 0 Å². The Morgan fingerprint density at radius 1 is 1.16 bits per heavy atom.